The van der Waals surface area contributed by atoms with E-state index < -0.39 is 45.5 Å². The summed E-state index contributed by atoms with van der Waals surface area (Å²) in [5.74, 6) is -0.730. The topological polar surface area (TPSA) is 97.0 Å². The van der Waals surface area contributed by atoms with E-state index in [1.54, 1.807) is 6.92 Å². The third-order valence-corrected chi connectivity index (χ3v) is 9.22. The summed E-state index contributed by atoms with van der Waals surface area (Å²) < 4.78 is 69.6. The van der Waals surface area contributed by atoms with E-state index in [9.17, 15) is 18.3 Å². The van der Waals surface area contributed by atoms with Crippen molar-refractivity contribution in [2.45, 2.75) is 75.5 Å². The van der Waals surface area contributed by atoms with Crippen LogP contribution in [0.3, 0.4) is 0 Å². The van der Waals surface area contributed by atoms with Crippen molar-refractivity contribution < 1.29 is 32.1 Å². The fourth-order valence-corrected chi connectivity index (χ4v) is 7.37. The van der Waals surface area contributed by atoms with E-state index in [0.29, 0.717) is 49.6 Å². The smallest absolute Gasteiger partial charge is 0.418 e. The number of anilines is 2. The summed E-state index contributed by atoms with van der Waals surface area (Å²) in [5, 5.41) is 10.1. The molecule has 4 aliphatic heterocycles. The number of aliphatic hydroxyl groups is 1. The number of benzene rings is 1. The lowest BCUT2D eigenvalue weighted by Crippen LogP contribution is -2.47. The van der Waals surface area contributed by atoms with Crippen molar-refractivity contribution in [1.29, 1.82) is 0 Å². The highest BCUT2D eigenvalue weighted by Gasteiger charge is 2.47. The molecule has 0 spiro atoms. The molecule has 13 heteroatoms. The van der Waals surface area contributed by atoms with Gasteiger partial charge in [-0.25, -0.2) is 4.39 Å². The highest BCUT2D eigenvalue weighted by Crippen LogP contribution is 2.46. The molecule has 0 amide bonds. The standard InChI is InChI=1S/C29H34ClF4N5O3/c1-16-11-28(6-4-8-39(28)12-16)15-42-26-36-20-10-21(22-23(29(32,33)34)18(30)9-19(35)24(22)31)41-13-17(20)25(37-26)38-7-3-5-27(2,40)14-38/h9,21,40H,1,3-8,10-15,35H2,2H3/t21-,27+,28-/m0/s1. The quantitative estimate of drug-likeness (QED) is 0.270. The largest absolute Gasteiger partial charge is 0.461 e. The van der Waals surface area contributed by atoms with Crippen LogP contribution < -0.4 is 15.4 Å². The molecule has 5 heterocycles. The van der Waals surface area contributed by atoms with Gasteiger partial charge in [0.05, 0.1) is 45.8 Å². The van der Waals surface area contributed by atoms with Gasteiger partial charge >= 0.3 is 12.2 Å². The molecule has 0 radical (unpaired) electrons. The number of nitrogen functional groups attached to an aromatic ring is 1. The maximum Gasteiger partial charge on any atom is 0.418 e. The summed E-state index contributed by atoms with van der Waals surface area (Å²) in [4.78, 5) is 13.7. The molecule has 0 bridgehead atoms. The summed E-state index contributed by atoms with van der Waals surface area (Å²) in [6.45, 7) is 8.76. The first-order chi connectivity index (χ1) is 19.8. The number of piperidine rings is 1. The lowest BCUT2D eigenvalue weighted by atomic mass is 9.92. The summed E-state index contributed by atoms with van der Waals surface area (Å²) in [7, 11) is 0. The number of β-amino-alcohol motifs (C(OH)–C–C–N with tert-alkyl or cyclic N) is 1. The Labute approximate surface area is 246 Å². The first-order valence-electron chi connectivity index (χ1n) is 14.1. The molecular formula is C29H34ClF4N5O3. The third kappa shape index (κ3) is 5.31. The number of halogens is 5. The first kappa shape index (κ1) is 29.4. The number of hydrogen-bond donors (Lipinski definition) is 2. The van der Waals surface area contributed by atoms with E-state index in [2.05, 4.69) is 16.5 Å². The highest BCUT2D eigenvalue weighted by atomic mass is 35.5. The molecular weight excluding hydrogens is 578 g/mol. The first-order valence-corrected chi connectivity index (χ1v) is 14.5. The summed E-state index contributed by atoms with van der Waals surface area (Å²) in [6, 6.07) is 0.841. The third-order valence-electron chi connectivity index (χ3n) is 8.92. The van der Waals surface area contributed by atoms with E-state index in [1.165, 1.54) is 0 Å². The van der Waals surface area contributed by atoms with Gasteiger partial charge in [0.1, 0.15) is 12.4 Å². The zero-order valence-corrected chi connectivity index (χ0v) is 24.1. The minimum Gasteiger partial charge on any atom is -0.461 e. The zero-order valence-electron chi connectivity index (χ0n) is 23.4. The number of aromatic nitrogens is 2. The molecule has 2 aromatic rings. The van der Waals surface area contributed by atoms with Crippen LogP contribution in [0.25, 0.3) is 0 Å². The minimum absolute atomic E-state index is 0.0791. The van der Waals surface area contributed by atoms with Crippen molar-refractivity contribution in [1.82, 2.24) is 14.9 Å². The van der Waals surface area contributed by atoms with Gasteiger partial charge in [-0.2, -0.15) is 23.1 Å². The van der Waals surface area contributed by atoms with E-state index in [-0.39, 0.29) is 24.6 Å². The second-order valence-electron chi connectivity index (χ2n) is 12.3. The molecule has 42 heavy (non-hydrogen) atoms. The number of rotatable bonds is 5. The molecule has 228 valence electrons. The Kier molecular flexibility index (Phi) is 7.35. The fraction of sp³-hybridized carbons (Fsp3) is 0.586. The molecule has 3 atom stereocenters. The maximum atomic E-state index is 15.2. The van der Waals surface area contributed by atoms with Crippen LogP contribution in [-0.2, 0) is 23.9 Å². The van der Waals surface area contributed by atoms with Crippen LogP contribution in [0.5, 0.6) is 6.01 Å². The van der Waals surface area contributed by atoms with Crippen molar-refractivity contribution in [2.24, 2.45) is 0 Å². The number of nitrogens with zero attached hydrogens (tertiary/aromatic N) is 4. The Morgan fingerprint density at radius 3 is 2.76 bits per heavy atom. The lowest BCUT2D eigenvalue weighted by molar-refractivity contribution is -0.140. The Bertz CT molecular complexity index is 1420. The van der Waals surface area contributed by atoms with Crippen LogP contribution in [0.2, 0.25) is 5.02 Å². The average Bonchev–Trinajstić information content (AvgIpc) is 3.43. The lowest BCUT2D eigenvalue weighted by Gasteiger charge is -2.39. The van der Waals surface area contributed by atoms with Gasteiger partial charge in [-0.3, -0.25) is 4.90 Å². The second kappa shape index (κ2) is 10.5. The Hall–Kier alpha value is -2.67. The van der Waals surface area contributed by atoms with Crippen LogP contribution in [0.4, 0.5) is 29.1 Å². The van der Waals surface area contributed by atoms with Crippen molar-refractivity contribution in [3.05, 3.63) is 51.4 Å². The average molecular weight is 612 g/mol. The molecule has 4 aliphatic rings. The number of nitrogens with two attached hydrogens (primary N) is 1. The zero-order chi connectivity index (χ0) is 30.0. The van der Waals surface area contributed by atoms with Gasteiger partial charge in [-0.05, 0) is 51.6 Å². The van der Waals surface area contributed by atoms with Crippen molar-refractivity contribution >= 4 is 23.1 Å². The molecule has 0 unspecified atom stereocenters. The molecule has 6 rings (SSSR count). The van der Waals surface area contributed by atoms with Gasteiger partial charge in [0.15, 0.2) is 5.82 Å². The number of ether oxygens (including phenoxy) is 2. The summed E-state index contributed by atoms with van der Waals surface area (Å²) in [5.41, 5.74) is 4.08. The van der Waals surface area contributed by atoms with Gasteiger partial charge < -0.3 is 25.2 Å². The molecule has 3 fully saturated rings. The van der Waals surface area contributed by atoms with Crippen molar-refractivity contribution in [3.63, 3.8) is 0 Å². The molecule has 8 nitrogen and oxygen atoms in total. The number of alkyl halides is 3. The van der Waals surface area contributed by atoms with Gasteiger partial charge in [-0.1, -0.05) is 23.8 Å². The molecule has 0 aliphatic carbocycles. The predicted octanol–water partition coefficient (Wildman–Crippen LogP) is 5.21. The maximum absolute atomic E-state index is 15.2. The molecule has 1 aromatic carbocycles. The Balaban J connectivity index is 1.38. The van der Waals surface area contributed by atoms with Gasteiger partial charge in [0.2, 0.25) is 0 Å². The van der Waals surface area contributed by atoms with E-state index in [4.69, 9.17) is 31.8 Å². The highest BCUT2D eigenvalue weighted by molar-refractivity contribution is 6.31. The van der Waals surface area contributed by atoms with Gasteiger partial charge in [0.25, 0.3) is 0 Å². The monoisotopic (exact) mass is 611 g/mol. The molecule has 3 N–H and O–H groups in total. The summed E-state index contributed by atoms with van der Waals surface area (Å²) in [6.07, 6.45) is -2.33. The van der Waals surface area contributed by atoms with E-state index >= 15 is 4.39 Å². The second-order valence-corrected chi connectivity index (χ2v) is 12.7. The minimum atomic E-state index is -4.94. The van der Waals surface area contributed by atoms with Gasteiger partial charge in [-0.15, -0.1) is 0 Å². The normalized spacial score (nSPS) is 28.2. The molecule has 0 saturated carbocycles. The van der Waals surface area contributed by atoms with Crippen LogP contribution in [0.15, 0.2) is 18.2 Å². The SMILES string of the molecule is C=C1CN2CCC[C@@]2(COc2nc3c(c(N4CCC[C@@](C)(O)C4)n2)CO[C@H](c2c(F)c(N)cc(Cl)c2C(F)(F)F)C3)C1. The Morgan fingerprint density at radius 1 is 1.26 bits per heavy atom. The summed E-state index contributed by atoms with van der Waals surface area (Å²) >= 11 is 5.94. The number of hydrogen-bond acceptors (Lipinski definition) is 8. The van der Waals surface area contributed by atoms with E-state index in [1.807, 2.05) is 4.90 Å². The molecule has 3 saturated heterocycles. The van der Waals surface area contributed by atoms with Crippen LogP contribution in [0, 0.1) is 5.82 Å². The van der Waals surface area contributed by atoms with Crippen molar-refractivity contribution in [2.75, 3.05) is 43.4 Å². The van der Waals surface area contributed by atoms with Crippen LogP contribution in [0.1, 0.15) is 67.5 Å². The fourth-order valence-electron chi connectivity index (χ4n) is 7.04. The van der Waals surface area contributed by atoms with Crippen LogP contribution in [-0.4, -0.2) is 63.9 Å². The Morgan fingerprint density at radius 2 is 2.02 bits per heavy atom. The van der Waals surface area contributed by atoms with E-state index in [0.717, 1.165) is 44.0 Å². The van der Waals surface area contributed by atoms with Crippen molar-refractivity contribution in [3.8, 4) is 6.01 Å². The number of fused-ring (bicyclic) bond motifs is 2. The van der Waals surface area contributed by atoms with Crippen LogP contribution >= 0.6 is 11.6 Å². The van der Waals surface area contributed by atoms with Gasteiger partial charge in [0, 0.05) is 37.2 Å². The molecule has 1 aromatic heterocycles. The predicted molar refractivity (Wildman–Crippen MR) is 149 cm³/mol.